The second kappa shape index (κ2) is 8.78. The molecule has 0 aromatic heterocycles. The van der Waals surface area contributed by atoms with E-state index in [0.29, 0.717) is 0 Å². The average molecular weight is 232 g/mol. The highest BCUT2D eigenvalue weighted by Gasteiger charge is 2.12. The summed E-state index contributed by atoms with van der Waals surface area (Å²) in [6, 6.07) is 8.17. The van der Waals surface area contributed by atoms with Gasteiger partial charge in [0, 0.05) is 13.1 Å². The topological polar surface area (TPSA) is 27.0 Å². The summed E-state index contributed by atoms with van der Waals surface area (Å²) in [5.74, 6) is 0. The highest BCUT2D eigenvalue weighted by Crippen LogP contribution is 2.18. The lowest BCUT2D eigenvalue weighted by Gasteiger charge is -2.24. The van der Waals surface area contributed by atoms with Gasteiger partial charge in [-0.2, -0.15) is 5.26 Å². The summed E-state index contributed by atoms with van der Waals surface area (Å²) in [4.78, 5) is 2.28. The fourth-order valence-electron chi connectivity index (χ4n) is 1.77. The second-order valence-corrected chi connectivity index (χ2v) is 3.58. The molecular formula is C15H24N2. The van der Waals surface area contributed by atoms with Crippen LogP contribution in [0.2, 0.25) is 0 Å². The summed E-state index contributed by atoms with van der Waals surface area (Å²) in [6.45, 7) is 10.1. The zero-order valence-electron chi connectivity index (χ0n) is 11.7. The molecule has 0 fully saturated rings. The Bertz CT molecular complexity index is 364. The maximum atomic E-state index is 8.74. The highest BCUT2D eigenvalue weighted by molar-refractivity contribution is 5.39. The van der Waals surface area contributed by atoms with Gasteiger partial charge in [-0.3, -0.25) is 0 Å². The molecule has 0 saturated heterocycles. The molecule has 0 radical (unpaired) electrons. The number of hydrogen-bond acceptors (Lipinski definition) is 2. The van der Waals surface area contributed by atoms with Gasteiger partial charge in [-0.1, -0.05) is 33.8 Å². The normalized spacial score (nSPS) is 13.2. The zero-order valence-corrected chi connectivity index (χ0v) is 11.7. The van der Waals surface area contributed by atoms with E-state index in [1.54, 1.807) is 0 Å². The van der Waals surface area contributed by atoms with Gasteiger partial charge in [0.05, 0.1) is 11.6 Å². The minimum absolute atomic E-state index is 0.772. The number of benzene rings is 1. The highest BCUT2D eigenvalue weighted by atomic mass is 15.1. The molecule has 1 heterocycles. The molecule has 0 saturated carbocycles. The lowest BCUT2D eigenvalue weighted by Crippen LogP contribution is -2.26. The Hall–Kier alpha value is -1.33. The fourth-order valence-corrected chi connectivity index (χ4v) is 1.77. The van der Waals surface area contributed by atoms with E-state index in [1.807, 2.05) is 39.8 Å². The van der Waals surface area contributed by atoms with Crippen molar-refractivity contribution in [2.45, 2.75) is 40.7 Å². The van der Waals surface area contributed by atoms with Gasteiger partial charge >= 0.3 is 0 Å². The molecule has 2 nitrogen and oxygen atoms in total. The first-order valence-electron chi connectivity index (χ1n) is 6.50. The van der Waals surface area contributed by atoms with Crippen LogP contribution >= 0.6 is 0 Å². The van der Waals surface area contributed by atoms with Crippen molar-refractivity contribution in [2.75, 3.05) is 13.6 Å². The van der Waals surface area contributed by atoms with E-state index in [-0.39, 0.29) is 0 Å². The SMILES string of the molecule is CC.CC.CN1CCc2ccc(C#N)cc2C1. The van der Waals surface area contributed by atoms with Gasteiger partial charge in [0.1, 0.15) is 0 Å². The van der Waals surface area contributed by atoms with Crippen LogP contribution in [0.25, 0.3) is 0 Å². The molecule has 0 N–H and O–H groups in total. The van der Waals surface area contributed by atoms with Gasteiger partial charge in [-0.15, -0.1) is 0 Å². The quantitative estimate of drug-likeness (QED) is 0.683. The van der Waals surface area contributed by atoms with E-state index in [9.17, 15) is 0 Å². The molecule has 2 rings (SSSR count). The van der Waals surface area contributed by atoms with Crippen molar-refractivity contribution in [3.8, 4) is 6.07 Å². The molecule has 0 aliphatic carbocycles. The van der Waals surface area contributed by atoms with Gasteiger partial charge in [-0.25, -0.2) is 0 Å². The first-order chi connectivity index (χ1) is 8.29. The first-order valence-corrected chi connectivity index (χ1v) is 6.50. The van der Waals surface area contributed by atoms with Crippen molar-refractivity contribution in [3.05, 3.63) is 34.9 Å². The van der Waals surface area contributed by atoms with Crippen LogP contribution < -0.4 is 0 Å². The van der Waals surface area contributed by atoms with Crippen LogP contribution in [-0.2, 0) is 13.0 Å². The number of fused-ring (bicyclic) bond motifs is 1. The molecule has 0 bridgehead atoms. The summed E-state index contributed by atoms with van der Waals surface area (Å²) in [5, 5.41) is 8.74. The van der Waals surface area contributed by atoms with E-state index in [1.165, 1.54) is 11.1 Å². The van der Waals surface area contributed by atoms with Gasteiger partial charge in [0.25, 0.3) is 0 Å². The molecule has 1 aliphatic heterocycles. The Labute approximate surface area is 106 Å². The zero-order chi connectivity index (χ0) is 13.3. The van der Waals surface area contributed by atoms with Crippen molar-refractivity contribution < 1.29 is 0 Å². The molecule has 0 unspecified atom stereocenters. The average Bonchev–Trinajstić information content (AvgIpc) is 2.42. The molecule has 17 heavy (non-hydrogen) atoms. The Morgan fingerprint density at radius 3 is 2.35 bits per heavy atom. The summed E-state index contributed by atoms with van der Waals surface area (Å²) < 4.78 is 0. The molecule has 0 amide bonds. The number of nitrogens with zero attached hydrogens (tertiary/aromatic N) is 2. The maximum absolute atomic E-state index is 8.74. The van der Waals surface area contributed by atoms with Crippen molar-refractivity contribution >= 4 is 0 Å². The van der Waals surface area contributed by atoms with E-state index in [0.717, 1.165) is 25.1 Å². The Morgan fingerprint density at radius 2 is 1.76 bits per heavy atom. The molecule has 0 spiro atoms. The molecule has 0 atom stereocenters. The number of hydrogen-bond donors (Lipinski definition) is 0. The minimum Gasteiger partial charge on any atom is -0.302 e. The predicted octanol–water partition coefficient (Wildman–Crippen LogP) is 3.60. The van der Waals surface area contributed by atoms with Crippen LogP contribution in [0, 0.1) is 11.3 Å². The van der Waals surface area contributed by atoms with Crippen LogP contribution in [-0.4, -0.2) is 18.5 Å². The van der Waals surface area contributed by atoms with Crippen LogP contribution in [0.1, 0.15) is 44.4 Å². The summed E-state index contributed by atoms with van der Waals surface area (Å²) in [6.07, 6.45) is 1.11. The van der Waals surface area contributed by atoms with Crippen LogP contribution in [0.3, 0.4) is 0 Å². The van der Waals surface area contributed by atoms with E-state index < -0.39 is 0 Å². The molecule has 1 aromatic rings. The molecule has 1 aliphatic rings. The fraction of sp³-hybridized carbons (Fsp3) is 0.533. The molecule has 2 heteroatoms. The number of likely N-dealkylation sites (N-methyl/N-ethyl adjacent to an activating group) is 1. The summed E-state index contributed by atoms with van der Waals surface area (Å²) in [7, 11) is 2.11. The lowest BCUT2D eigenvalue weighted by molar-refractivity contribution is 0.313. The third-order valence-electron chi connectivity index (χ3n) is 2.54. The van der Waals surface area contributed by atoms with Crippen molar-refractivity contribution in [3.63, 3.8) is 0 Å². The Morgan fingerprint density at radius 1 is 1.12 bits per heavy atom. The third-order valence-corrected chi connectivity index (χ3v) is 2.54. The van der Waals surface area contributed by atoms with E-state index in [2.05, 4.69) is 24.1 Å². The monoisotopic (exact) mass is 232 g/mol. The van der Waals surface area contributed by atoms with Gasteiger partial charge in [-0.05, 0) is 36.7 Å². The predicted molar refractivity (Wildman–Crippen MR) is 73.9 cm³/mol. The van der Waals surface area contributed by atoms with Crippen molar-refractivity contribution in [1.82, 2.24) is 4.90 Å². The minimum atomic E-state index is 0.772. The first kappa shape index (κ1) is 15.7. The standard InChI is InChI=1S/C11H12N2.2C2H6/c1-13-5-4-10-3-2-9(7-12)6-11(10)8-13;2*1-2/h2-3,6H,4-5,8H2,1H3;2*1-2H3. The van der Waals surface area contributed by atoms with Crippen LogP contribution in [0.15, 0.2) is 18.2 Å². The van der Waals surface area contributed by atoms with Crippen molar-refractivity contribution in [1.29, 1.82) is 5.26 Å². The lowest BCUT2D eigenvalue weighted by atomic mass is 9.98. The van der Waals surface area contributed by atoms with Gasteiger partial charge in [0.2, 0.25) is 0 Å². The van der Waals surface area contributed by atoms with Crippen molar-refractivity contribution in [2.24, 2.45) is 0 Å². The maximum Gasteiger partial charge on any atom is 0.0991 e. The van der Waals surface area contributed by atoms with E-state index in [4.69, 9.17) is 5.26 Å². The van der Waals surface area contributed by atoms with Crippen LogP contribution in [0.5, 0.6) is 0 Å². The largest absolute Gasteiger partial charge is 0.302 e. The Kier molecular flexibility index (Phi) is 8.09. The number of rotatable bonds is 0. The number of nitriles is 1. The van der Waals surface area contributed by atoms with Gasteiger partial charge < -0.3 is 4.90 Å². The molecule has 94 valence electrons. The third kappa shape index (κ3) is 4.58. The summed E-state index contributed by atoms with van der Waals surface area (Å²) in [5.41, 5.74) is 3.49. The van der Waals surface area contributed by atoms with Crippen LogP contribution in [0.4, 0.5) is 0 Å². The summed E-state index contributed by atoms with van der Waals surface area (Å²) >= 11 is 0. The van der Waals surface area contributed by atoms with E-state index >= 15 is 0 Å². The van der Waals surface area contributed by atoms with Gasteiger partial charge in [0.15, 0.2) is 0 Å². The smallest absolute Gasteiger partial charge is 0.0991 e. The Balaban J connectivity index is 0.000000581. The molecule has 1 aromatic carbocycles. The molecular weight excluding hydrogens is 208 g/mol. The second-order valence-electron chi connectivity index (χ2n) is 3.58.